The number of carbonyl (C=O) groups excluding carboxylic acids is 1. The first kappa shape index (κ1) is 18.7. The van der Waals surface area contributed by atoms with Crippen LogP contribution in [0.4, 0.5) is 5.69 Å². The SMILES string of the molecule is Cc1ccc(Cl)cc1NCCC(=O)N1CCN(Cc2ccccc2)CC1. The minimum atomic E-state index is 0.219. The van der Waals surface area contributed by atoms with Crippen molar-refractivity contribution in [2.24, 2.45) is 0 Å². The van der Waals surface area contributed by atoms with E-state index in [0.717, 1.165) is 44.0 Å². The molecule has 138 valence electrons. The van der Waals surface area contributed by atoms with Gasteiger partial charge in [-0.25, -0.2) is 0 Å². The zero-order chi connectivity index (χ0) is 18.4. The lowest BCUT2D eigenvalue weighted by Gasteiger charge is -2.34. The third-order valence-electron chi connectivity index (χ3n) is 4.83. The molecular weight excluding hydrogens is 346 g/mol. The summed E-state index contributed by atoms with van der Waals surface area (Å²) in [7, 11) is 0. The summed E-state index contributed by atoms with van der Waals surface area (Å²) in [6, 6.07) is 16.3. The van der Waals surface area contributed by atoms with Crippen molar-refractivity contribution >= 4 is 23.2 Å². The number of hydrogen-bond donors (Lipinski definition) is 1. The first-order valence-electron chi connectivity index (χ1n) is 9.16. The first-order chi connectivity index (χ1) is 12.6. The molecule has 1 N–H and O–H groups in total. The number of rotatable bonds is 6. The van der Waals surface area contributed by atoms with Gasteiger partial charge in [0.05, 0.1) is 0 Å². The largest absolute Gasteiger partial charge is 0.384 e. The lowest BCUT2D eigenvalue weighted by atomic mass is 10.2. The lowest BCUT2D eigenvalue weighted by Crippen LogP contribution is -2.48. The molecule has 0 aliphatic carbocycles. The normalized spacial score (nSPS) is 15.1. The fraction of sp³-hybridized carbons (Fsp3) is 0.381. The van der Waals surface area contributed by atoms with Crippen LogP contribution in [0.2, 0.25) is 5.02 Å². The standard InChI is InChI=1S/C21H26ClN3O/c1-17-7-8-19(22)15-20(17)23-10-9-21(26)25-13-11-24(12-14-25)16-18-5-3-2-4-6-18/h2-8,15,23H,9-14,16H2,1H3. The van der Waals surface area contributed by atoms with Crippen LogP contribution in [-0.4, -0.2) is 48.4 Å². The molecule has 0 aromatic heterocycles. The molecule has 0 unspecified atom stereocenters. The molecule has 1 amide bonds. The smallest absolute Gasteiger partial charge is 0.224 e. The summed E-state index contributed by atoms with van der Waals surface area (Å²) in [4.78, 5) is 16.8. The van der Waals surface area contributed by atoms with Crippen molar-refractivity contribution in [2.45, 2.75) is 19.9 Å². The Bertz CT molecular complexity index is 727. The number of carbonyl (C=O) groups is 1. The van der Waals surface area contributed by atoms with E-state index in [1.54, 1.807) is 0 Å². The van der Waals surface area contributed by atoms with E-state index in [1.165, 1.54) is 5.56 Å². The van der Waals surface area contributed by atoms with Crippen molar-refractivity contribution in [1.82, 2.24) is 9.80 Å². The number of benzene rings is 2. The monoisotopic (exact) mass is 371 g/mol. The molecule has 1 aliphatic rings. The van der Waals surface area contributed by atoms with Crippen LogP contribution in [0.15, 0.2) is 48.5 Å². The topological polar surface area (TPSA) is 35.6 Å². The van der Waals surface area contributed by atoms with Gasteiger partial charge in [-0.1, -0.05) is 48.0 Å². The first-order valence-corrected chi connectivity index (χ1v) is 9.54. The van der Waals surface area contributed by atoms with E-state index in [1.807, 2.05) is 36.1 Å². The zero-order valence-corrected chi connectivity index (χ0v) is 16.0. The third-order valence-corrected chi connectivity index (χ3v) is 5.06. The minimum Gasteiger partial charge on any atom is -0.384 e. The second-order valence-electron chi connectivity index (χ2n) is 6.78. The van der Waals surface area contributed by atoms with Gasteiger partial charge in [0, 0.05) is 56.4 Å². The lowest BCUT2D eigenvalue weighted by molar-refractivity contribution is -0.132. The molecule has 1 heterocycles. The number of anilines is 1. The Hall–Kier alpha value is -2.04. The Labute approximate surface area is 160 Å². The fourth-order valence-electron chi connectivity index (χ4n) is 3.24. The maximum atomic E-state index is 12.4. The molecule has 0 bridgehead atoms. The predicted octanol–water partition coefficient (Wildman–Crippen LogP) is 3.79. The molecule has 0 radical (unpaired) electrons. The van der Waals surface area contributed by atoms with Crippen LogP contribution < -0.4 is 5.32 Å². The summed E-state index contributed by atoms with van der Waals surface area (Å²) >= 11 is 6.03. The van der Waals surface area contributed by atoms with Gasteiger partial charge >= 0.3 is 0 Å². The van der Waals surface area contributed by atoms with Crippen LogP contribution in [0.1, 0.15) is 17.5 Å². The Balaban J connectivity index is 1.40. The van der Waals surface area contributed by atoms with Gasteiger partial charge in [-0.15, -0.1) is 0 Å². The molecule has 1 saturated heterocycles. The number of piperazine rings is 1. The van der Waals surface area contributed by atoms with Gasteiger partial charge in [0.2, 0.25) is 5.91 Å². The fourth-order valence-corrected chi connectivity index (χ4v) is 3.42. The number of halogens is 1. The summed E-state index contributed by atoms with van der Waals surface area (Å²) in [6.07, 6.45) is 0.505. The van der Waals surface area contributed by atoms with Gasteiger partial charge in [-0.2, -0.15) is 0 Å². The van der Waals surface area contributed by atoms with Crippen molar-refractivity contribution in [3.05, 3.63) is 64.7 Å². The average Bonchev–Trinajstić information content (AvgIpc) is 2.66. The van der Waals surface area contributed by atoms with Gasteiger partial charge in [0.1, 0.15) is 0 Å². The number of hydrogen-bond acceptors (Lipinski definition) is 3. The van der Waals surface area contributed by atoms with Gasteiger partial charge in [0.25, 0.3) is 0 Å². The molecule has 2 aromatic carbocycles. The van der Waals surface area contributed by atoms with Gasteiger partial charge in [-0.3, -0.25) is 9.69 Å². The van der Waals surface area contributed by atoms with Crippen molar-refractivity contribution < 1.29 is 4.79 Å². The summed E-state index contributed by atoms with van der Waals surface area (Å²) in [5, 5.41) is 4.03. The van der Waals surface area contributed by atoms with E-state index in [0.29, 0.717) is 18.0 Å². The van der Waals surface area contributed by atoms with Crippen molar-refractivity contribution in [1.29, 1.82) is 0 Å². The third kappa shape index (κ3) is 5.23. The zero-order valence-electron chi connectivity index (χ0n) is 15.2. The second kappa shape index (κ2) is 9.06. The Kier molecular flexibility index (Phi) is 6.53. The Morgan fingerprint density at radius 1 is 1.08 bits per heavy atom. The quantitative estimate of drug-likeness (QED) is 0.839. The molecule has 5 heteroatoms. The molecular formula is C21H26ClN3O. The number of aryl methyl sites for hydroxylation is 1. The van der Waals surface area contributed by atoms with E-state index in [9.17, 15) is 4.79 Å². The highest BCUT2D eigenvalue weighted by Crippen LogP contribution is 2.20. The molecule has 0 atom stereocenters. The molecule has 4 nitrogen and oxygen atoms in total. The summed E-state index contributed by atoms with van der Waals surface area (Å²) < 4.78 is 0. The second-order valence-corrected chi connectivity index (χ2v) is 7.21. The van der Waals surface area contributed by atoms with Crippen LogP contribution in [0.3, 0.4) is 0 Å². The van der Waals surface area contributed by atoms with Gasteiger partial charge in [-0.05, 0) is 30.2 Å². The number of nitrogens with zero attached hydrogens (tertiary/aromatic N) is 2. The van der Waals surface area contributed by atoms with Crippen molar-refractivity contribution in [3.63, 3.8) is 0 Å². The minimum absolute atomic E-state index is 0.219. The van der Waals surface area contributed by atoms with E-state index in [4.69, 9.17) is 11.6 Å². The molecule has 2 aromatic rings. The average molecular weight is 372 g/mol. The molecule has 0 saturated carbocycles. The van der Waals surface area contributed by atoms with E-state index in [2.05, 4.69) is 34.5 Å². The molecule has 3 rings (SSSR count). The summed E-state index contributed by atoms with van der Waals surface area (Å²) in [6.45, 7) is 7.10. The Morgan fingerprint density at radius 2 is 1.81 bits per heavy atom. The van der Waals surface area contributed by atoms with Gasteiger partial charge in [0.15, 0.2) is 0 Å². The van der Waals surface area contributed by atoms with Crippen LogP contribution >= 0.6 is 11.6 Å². The van der Waals surface area contributed by atoms with Crippen LogP contribution in [0.25, 0.3) is 0 Å². The number of amides is 1. The molecule has 0 spiro atoms. The van der Waals surface area contributed by atoms with Crippen LogP contribution in [0.5, 0.6) is 0 Å². The van der Waals surface area contributed by atoms with Gasteiger partial charge < -0.3 is 10.2 Å². The van der Waals surface area contributed by atoms with Crippen molar-refractivity contribution in [2.75, 3.05) is 38.0 Å². The van der Waals surface area contributed by atoms with Crippen LogP contribution in [0, 0.1) is 6.92 Å². The highest BCUT2D eigenvalue weighted by Gasteiger charge is 2.20. The maximum absolute atomic E-state index is 12.4. The van der Waals surface area contributed by atoms with E-state index < -0.39 is 0 Å². The summed E-state index contributed by atoms with van der Waals surface area (Å²) in [5.41, 5.74) is 3.46. The predicted molar refractivity (Wildman–Crippen MR) is 108 cm³/mol. The molecule has 1 aliphatic heterocycles. The highest BCUT2D eigenvalue weighted by atomic mass is 35.5. The Morgan fingerprint density at radius 3 is 2.54 bits per heavy atom. The number of nitrogens with one attached hydrogen (secondary N) is 1. The molecule has 26 heavy (non-hydrogen) atoms. The van der Waals surface area contributed by atoms with Crippen LogP contribution in [-0.2, 0) is 11.3 Å². The van der Waals surface area contributed by atoms with E-state index in [-0.39, 0.29) is 5.91 Å². The maximum Gasteiger partial charge on any atom is 0.224 e. The summed E-state index contributed by atoms with van der Waals surface area (Å²) in [5.74, 6) is 0.219. The van der Waals surface area contributed by atoms with Crippen molar-refractivity contribution in [3.8, 4) is 0 Å². The van der Waals surface area contributed by atoms with E-state index >= 15 is 0 Å². The highest BCUT2D eigenvalue weighted by molar-refractivity contribution is 6.30. The molecule has 1 fully saturated rings.